The molecule has 2 atom stereocenters. The minimum Gasteiger partial charge on any atom is -0.348 e. The van der Waals surface area contributed by atoms with Crippen molar-refractivity contribution in [2.45, 2.75) is 45.2 Å². The summed E-state index contributed by atoms with van der Waals surface area (Å²) in [6.07, 6.45) is 1.72. The van der Waals surface area contributed by atoms with Crippen molar-refractivity contribution in [1.82, 2.24) is 14.9 Å². The Morgan fingerprint density at radius 2 is 2.39 bits per heavy atom. The highest BCUT2D eigenvalue weighted by molar-refractivity contribution is 6.29. The Labute approximate surface area is 112 Å². The Morgan fingerprint density at radius 3 is 2.89 bits per heavy atom. The first-order valence-corrected chi connectivity index (χ1v) is 6.48. The molecule has 1 N–H and O–H groups in total. The molecule has 5 nitrogen and oxygen atoms in total. The van der Waals surface area contributed by atoms with Gasteiger partial charge in [0.2, 0.25) is 0 Å². The molecule has 2 heterocycles. The summed E-state index contributed by atoms with van der Waals surface area (Å²) in [6.45, 7) is 7.21. The molecule has 1 fully saturated rings. The van der Waals surface area contributed by atoms with Crippen molar-refractivity contribution in [3.63, 3.8) is 0 Å². The van der Waals surface area contributed by atoms with Gasteiger partial charge in [0.05, 0.1) is 25.5 Å². The maximum Gasteiger partial charge on any atom is 0.163 e. The molecule has 0 unspecified atom stereocenters. The van der Waals surface area contributed by atoms with Crippen molar-refractivity contribution < 1.29 is 9.47 Å². The maximum absolute atomic E-state index is 5.94. The van der Waals surface area contributed by atoms with Gasteiger partial charge in [-0.1, -0.05) is 11.6 Å². The number of rotatable bonds is 4. The van der Waals surface area contributed by atoms with Crippen molar-refractivity contribution in [1.29, 1.82) is 0 Å². The molecule has 0 saturated carbocycles. The third-order valence-electron chi connectivity index (χ3n) is 3.20. The van der Waals surface area contributed by atoms with E-state index in [1.807, 2.05) is 25.5 Å². The lowest BCUT2D eigenvalue weighted by Crippen LogP contribution is -2.39. The Hall–Kier alpha value is -0.620. The van der Waals surface area contributed by atoms with Gasteiger partial charge in [0.15, 0.2) is 5.79 Å². The number of nitrogens with one attached hydrogen (secondary N) is 1. The van der Waals surface area contributed by atoms with Crippen LogP contribution in [0.2, 0.25) is 5.15 Å². The molecule has 0 amide bonds. The number of hydrogen-bond donors (Lipinski definition) is 1. The summed E-state index contributed by atoms with van der Waals surface area (Å²) in [5.41, 5.74) is 0. The quantitative estimate of drug-likeness (QED) is 0.907. The van der Waals surface area contributed by atoms with Crippen molar-refractivity contribution in [3.05, 3.63) is 17.2 Å². The highest BCUT2D eigenvalue weighted by Crippen LogP contribution is 2.24. The van der Waals surface area contributed by atoms with Crippen LogP contribution in [0.1, 0.15) is 26.6 Å². The number of aromatic nitrogens is 2. The number of nitrogens with zero attached hydrogens (tertiary/aromatic N) is 2. The molecule has 1 saturated heterocycles. The van der Waals surface area contributed by atoms with Crippen LogP contribution in [0.4, 0.5) is 0 Å². The van der Waals surface area contributed by atoms with Gasteiger partial charge in [-0.2, -0.15) is 0 Å². The molecule has 0 aromatic carbocycles. The van der Waals surface area contributed by atoms with Crippen LogP contribution in [0, 0.1) is 0 Å². The molecule has 102 valence electrons. The largest absolute Gasteiger partial charge is 0.348 e. The second kappa shape index (κ2) is 5.17. The van der Waals surface area contributed by atoms with Gasteiger partial charge in [0.1, 0.15) is 11.0 Å². The van der Waals surface area contributed by atoms with E-state index in [1.165, 1.54) is 0 Å². The van der Waals surface area contributed by atoms with E-state index in [0.717, 1.165) is 5.82 Å². The van der Waals surface area contributed by atoms with Gasteiger partial charge < -0.3 is 19.4 Å². The van der Waals surface area contributed by atoms with E-state index in [-0.39, 0.29) is 12.1 Å². The molecular formula is C12H20ClN3O2. The molecule has 1 aromatic heterocycles. The minimum absolute atomic E-state index is 0.0655. The summed E-state index contributed by atoms with van der Waals surface area (Å²) in [4.78, 5) is 4.24. The van der Waals surface area contributed by atoms with Gasteiger partial charge in [-0.05, 0) is 20.8 Å². The number of imidazole rings is 1. The number of halogens is 1. The molecule has 1 aromatic rings. The predicted molar refractivity (Wildman–Crippen MR) is 69.4 cm³/mol. The van der Waals surface area contributed by atoms with Gasteiger partial charge in [0.25, 0.3) is 0 Å². The van der Waals surface area contributed by atoms with E-state index >= 15 is 0 Å². The van der Waals surface area contributed by atoms with E-state index in [9.17, 15) is 0 Å². The van der Waals surface area contributed by atoms with Crippen LogP contribution in [0.15, 0.2) is 6.20 Å². The van der Waals surface area contributed by atoms with Crippen LogP contribution in [-0.4, -0.2) is 34.1 Å². The van der Waals surface area contributed by atoms with E-state index in [2.05, 4.69) is 17.2 Å². The van der Waals surface area contributed by atoms with Crippen LogP contribution >= 0.6 is 11.6 Å². The predicted octanol–water partition coefficient (Wildman–Crippen LogP) is 1.70. The first-order valence-electron chi connectivity index (χ1n) is 6.10. The van der Waals surface area contributed by atoms with Gasteiger partial charge in [-0.15, -0.1) is 0 Å². The first kappa shape index (κ1) is 13.8. The Bertz CT molecular complexity index is 419. The molecule has 0 spiro atoms. The summed E-state index contributed by atoms with van der Waals surface area (Å²) in [6, 6.07) is 0.197. The number of hydrogen-bond acceptors (Lipinski definition) is 4. The van der Waals surface area contributed by atoms with Crippen LogP contribution < -0.4 is 5.32 Å². The summed E-state index contributed by atoms with van der Waals surface area (Å²) in [7, 11) is 1.90. The average Bonchev–Trinajstić information content (AvgIpc) is 2.81. The standard InChI is InChI=1S/C12H20ClN3O2/c1-8(9-7-17-12(2,3)18-9)14-6-11-15-5-10(13)16(11)4/h5,8-9,14H,6-7H2,1-4H3/t8-,9+/m0/s1. The SMILES string of the molecule is C[C@H](NCc1ncc(Cl)n1C)[C@H]1COC(C)(C)O1. The molecule has 18 heavy (non-hydrogen) atoms. The van der Waals surface area contributed by atoms with E-state index < -0.39 is 5.79 Å². The molecule has 1 aliphatic rings. The summed E-state index contributed by atoms with van der Waals surface area (Å²) in [5, 5.41) is 4.03. The van der Waals surface area contributed by atoms with Crippen LogP contribution in [0.3, 0.4) is 0 Å². The summed E-state index contributed by atoms with van der Waals surface area (Å²) in [5.74, 6) is 0.428. The average molecular weight is 274 g/mol. The second-order valence-corrected chi connectivity index (χ2v) is 5.48. The normalized spacial score (nSPS) is 24.4. The summed E-state index contributed by atoms with van der Waals surface area (Å²) >= 11 is 5.94. The monoisotopic (exact) mass is 273 g/mol. The molecular weight excluding hydrogens is 254 g/mol. The molecule has 6 heteroatoms. The number of ether oxygens (including phenoxy) is 2. The minimum atomic E-state index is -0.479. The van der Waals surface area contributed by atoms with Crippen LogP contribution in [0.5, 0.6) is 0 Å². The van der Waals surface area contributed by atoms with E-state index in [0.29, 0.717) is 18.3 Å². The van der Waals surface area contributed by atoms with E-state index in [4.69, 9.17) is 21.1 Å². The fraction of sp³-hybridized carbons (Fsp3) is 0.750. The summed E-state index contributed by atoms with van der Waals surface area (Å²) < 4.78 is 13.2. The molecule has 0 bridgehead atoms. The zero-order valence-electron chi connectivity index (χ0n) is 11.2. The van der Waals surface area contributed by atoms with Crippen molar-refractivity contribution >= 4 is 11.6 Å². The fourth-order valence-corrected chi connectivity index (χ4v) is 2.08. The smallest absolute Gasteiger partial charge is 0.163 e. The highest BCUT2D eigenvalue weighted by Gasteiger charge is 2.35. The Morgan fingerprint density at radius 1 is 1.67 bits per heavy atom. The second-order valence-electron chi connectivity index (χ2n) is 5.09. The first-order chi connectivity index (χ1) is 8.39. The van der Waals surface area contributed by atoms with Crippen LogP contribution in [-0.2, 0) is 23.1 Å². The molecule has 1 aliphatic heterocycles. The third kappa shape index (κ3) is 3.03. The van der Waals surface area contributed by atoms with Gasteiger partial charge in [-0.25, -0.2) is 4.98 Å². The lowest BCUT2D eigenvalue weighted by molar-refractivity contribution is -0.141. The zero-order chi connectivity index (χ0) is 13.3. The topological polar surface area (TPSA) is 48.3 Å². The Kier molecular flexibility index (Phi) is 3.96. The van der Waals surface area contributed by atoms with Crippen LogP contribution in [0.25, 0.3) is 0 Å². The highest BCUT2D eigenvalue weighted by atomic mass is 35.5. The lowest BCUT2D eigenvalue weighted by atomic mass is 10.2. The molecule has 0 aliphatic carbocycles. The molecule has 0 radical (unpaired) electrons. The van der Waals surface area contributed by atoms with Crippen molar-refractivity contribution in [3.8, 4) is 0 Å². The lowest BCUT2D eigenvalue weighted by Gasteiger charge is -2.22. The maximum atomic E-state index is 5.94. The zero-order valence-corrected chi connectivity index (χ0v) is 12.0. The van der Waals surface area contributed by atoms with Crippen molar-refractivity contribution in [2.24, 2.45) is 7.05 Å². The van der Waals surface area contributed by atoms with Gasteiger partial charge in [-0.3, -0.25) is 0 Å². The van der Waals surface area contributed by atoms with E-state index in [1.54, 1.807) is 6.20 Å². The van der Waals surface area contributed by atoms with Gasteiger partial charge >= 0.3 is 0 Å². The third-order valence-corrected chi connectivity index (χ3v) is 3.55. The fourth-order valence-electron chi connectivity index (χ4n) is 1.93. The van der Waals surface area contributed by atoms with Crippen molar-refractivity contribution in [2.75, 3.05) is 6.61 Å². The molecule has 2 rings (SSSR count). The van der Waals surface area contributed by atoms with Gasteiger partial charge in [0, 0.05) is 13.1 Å². The Balaban J connectivity index is 1.85.